The summed E-state index contributed by atoms with van der Waals surface area (Å²) in [5, 5.41) is 11.5. The molecule has 0 aliphatic heterocycles. The number of rotatable bonds is 11. The van der Waals surface area contributed by atoms with Crippen LogP contribution in [0.15, 0.2) is 139 Å². The van der Waals surface area contributed by atoms with E-state index < -0.39 is 46.9 Å². The monoisotopic (exact) mass is 1260 g/mol. The predicted molar refractivity (Wildman–Crippen MR) is 318 cm³/mol. The molecule has 0 radical (unpaired) electrons. The van der Waals surface area contributed by atoms with E-state index in [2.05, 4.69) is 15.0 Å². The van der Waals surface area contributed by atoms with Crippen molar-refractivity contribution in [1.82, 2.24) is 14.9 Å². The lowest BCUT2D eigenvalue weighted by molar-refractivity contribution is -0.145. The topological polar surface area (TPSA) is 330 Å². The number of aromatic nitrogens is 2. The van der Waals surface area contributed by atoms with E-state index in [4.69, 9.17) is 46.3 Å². The number of aryl methyl sites for hydroxylation is 4. The van der Waals surface area contributed by atoms with E-state index in [0.717, 1.165) is 0 Å². The Kier molecular flexibility index (Phi) is 20.2. The molecule has 2 N–H and O–H groups in total. The van der Waals surface area contributed by atoms with Crippen molar-refractivity contribution in [1.29, 1.82) is 0 Å². The first-order chi connectivity index (χ1) is 42.9. The third-order valence-electron chi connectivity index (χ3n) is 13.9. The lowest BCUT2D eigenvalue weighted by Gasteiger charge is -2.13. The number of nitrogens with zero attached hydrogens (tertiary/aromatic N) is 2. The molecule has 0 spiro atoms. The molecule has 0 unspecified atom stereocenters. The van der Waals surface area contributed by atoms with Crippen molar-refractivity contribution in [2.75, 3.05) is 19.8 Å². The number of carbonyl (C=O) groups excluding carboxylic acids is 12. The van der Waals surface area contributed by atoms with Gasteiger partial charge >= 0.3 is 17.9 Å². The summed E-state index contributed by atoms with van der Waals surface area (Å²) in [4.78, 5) is 159. The minimum atomic E-state index is -1.27. The average molecular weight is 1260 g/mol. The van der Waals surface area contributed by atoms with E-state index in [9.17, 15) is 62.3 Å². The molecule has 4 aromatic heterocycles. The second-order valence-corrected chi connectivity index (χ2v) is 20.5. The number of allylic oxidation sites excluding steroid dienone is 2. The maximum atomic E-state index is 12.9. The van der Waals surface area contributed by atoms with E-state index in [0.29, 0.717) is 53.9 Å². The highest BCUT2D eigenvalue weighted by Crippen LogP contribution is 2.37. The maximum absolute atomic E-state index is 12.9. The quantitative estimate of drug-likeness (QED) is 0.0690. The van der Waals surface area contributed by atoms with E-state index in [1.54, 1.807) is 118 Å². The van der Waals surface area contributed by atoms with Crippen LogP contribution >= 0.6 is 23.2 Å². The maximum Gasteiger partial charge on any atom is 0.342 e. The number of furan rings is 3. The molecular formula is C66H51Cl2N3O19. The fourth-order valence-electron chi connectivity index (χ4n) is 9.85. The van der Waals surface area contributed by atoms with E-state index in [1.165, 1.54) is 32.9 Å². The zero-order valence-electron chi connectivity index (χ0n) is 48.7. The molecule has 4 heterocycles. The van der Waals surface area contributed by atoms with Crippen molar-refractivity contribution in [3.63, 3.8) is 0 Å². The van der Waals surface area contributed by atoms with Gasteiger partial charge in [0, 0.05) is 70.0 Å². The van der Waals surface area contributed by atoms with Crippen LogP contribution in [-0.2, 0) is 25.6 Å². The zero-order valence-corrected chi connectivity index (χ0v) is 50.2. The Balaban J connectivity index is 0.000000151. The first-order valence-corrected chi connectivity index (χ1v) is 28.2. The van der Waals surface area contributed by atoms with Crippen LogP contribution < -0.4 is 5.32 Å². The molecular weight excluding hydrogens is 1210 g/mol. The molecule has 0 atom stereocenters. The number of halogens is 2. The summed E-state index contributed by atoms with van der Waals surface area (Å²) in [6, 6.07) is 25.8. The molecule has 0 bridgehead atoms. The summed E-state index contributed by atoms with van der Waals surface area (Å²) in [5.41, 5.74) is 2.11. The van der Waals surface area contributed by atoms with Gasteiger partial charge in [-0.15, -0.1) is 0 Å². The largest absolute Gasteiger partial charge is 0.478 e. The minimum Gasteiger partial charge on any atom is -0.478 e. The van der Waals surface area contributed by atoms with Gasteiger partial charge in [-0.05, 0) is 48.0 Å². The van der Waals surface area contributed by atoms with Crippen LogP contribution in [0.1, 0.15) is 199 Å². The van der Waals surface area contributed by atoms with Crippen LogP contribution in [0.25, 0.3) is 0 Å². The number of esters is 2. The van der Waals surface area contributed by atoms with Gasteiger partial charge in [0.2, 0.25) is 28.9 Å². The van der Waals surface area contributed by atoms with Crippen LogP contribution in [0.5, 0.6) is 0 Å². The number of fused-ring (bicyclic) bond motifs is 7. The van der Waals surface area contributed by atoms with Gasteiger partial charge in [-0.25, -0.2) is 14.6 Å². The first-order valence-electron chi connectivity index (χ1n) is 27.4. The van der Waals surface area contributed by atoms with Crippen LogP contribution in [0.2, 0.25) is 0 Å². The molecule has 1 amide bonds. The third kappa shape index (κ3) is 13.1. The van der Waals surface area contributed by atoms with Crippen LogP contribution in [0, 0.1) is 20.8 Å². The molecule has 4 aromatic carbocycles. The number of ether oxygens (including phenoxy) is 2. The Hall–Kier alpha value is -10.8. The summed E-state index contributed by atoms with van der Waals surface area (Å²) < 4.78 is 27.4. The van der Waals surface area contributed by atoms with Gasteiger partial charge in [0.25, 0.3) is 5.91 Å². The van der Waals surface area contributed by atoms with Crippen molar-refractivity contribution in [3.05, 3.63) is 238 Å². The Bertz CT molecular complexity index is 4340. The summed E-state index contributed by atoms with van der Waals surface area (Å²) in [7, 11) is 0. The van der Waals surface area contributed by atoms with Gasteiger partial charge in [0.05, 0.1) is 41.8 Å². The number of nitrogens with one attached hydrogen (secondary N) is 1. The standard InChI is InChI=1S/C20H17N3O4.C16H12O5.C14H8O5.C10H4Cl2O2.C6H10O3/c1-12-15(20(26)22-7-4-9-23-10-8-21-11-23)16-17(24)13-5-2-3-6-14(13)18(25)19(16)27-12;1-3-20-16(19)11-8(2)21-15-12(11)13(17)9-6-4-5-7-10(9)14(15)18;1-6-9(14(17)18)10-11(15)7-4-2-3-5-8(7)12(16)13(10)19-6;11-7-8(12)10(14)6-4-2-1-3-5(6)9(7)13;1-3-9-6(8)4-5(2)7/h2-3,5-6,8,10-11H,4,7,9H2,1H3,(H,22,26);4-7H,3H2,1-2H3;2-5H,1H3,(H,17,18);1-4H;3-4H2,1-2H3. The molecule has 22 nitrogen and oxygen atoms in total. The highest BCUT2D eigenvalue weighted by atomic mass is 35.5. The molecule has 90 heavy (non-hydrogen) atoms. The number of aromatic carboxylic acids is 1. The zero-order chi connectivity index (χ0) is 65.4. The second kappa shape index (κ2) is 27.9. The normalized spacial score (nSPS) is 12.9. The number of ketones is 9. The molecule has 8 aromatic rings. The average Bonchev–Trinajstić information content (AvgIpc) is 1.62. The summed E-state index contributed by atoms with van der Waals surface area (Å²) in [6.07, 6.45) is 5.85. The van der Waals surface area contributed by atoms with Crippen molar-refractivity contribution < 1.29 is 90.2 Å². The van der Waals surface area contributed by atoms with Gasteiger partial charge in [-0.2, -0.15) is 0 Å². The van der Waals surface area contributed by atoms with Gasteiger partial charge in [0.1, 0.15) is 50.7 Å². The Morgan fingerprint density at radius 2 is 0.878 bits per heavy atom. The first kappa shape index (κ1) is 65.1. The van der Waals surface area contributed by atoms with Crippen molar-refractivity contribution in [2.45, 2.75) is 60.9 Å². The number of hydrogen-bond acceptors (Lipinski definition) is 19. The Morgan fingerprint density at radius 3 is 1.24 bits per heavy atom. The number of imidazole rings is 1. The number of benzene rings is 4. The molecule has 0 saturated heterocycles. The van der Waals surface area contributed by atoms with Crippen LogP contribution in [-0.4, -0.2) is 110 Å². The summed E-state index contributed by atoms with van der Waals surface area (Å²) in [5.74, 6) is -5.97. The Morgan fingerprint density at radius 1 is 0.522 bits per heavy atom. The number of amides is 1. The lowest BCUT2D eigenvalue weighted by Crippen LogP contribution is -2.28. The fraction of sp³-hybridized carbons (Fsp3) is 0.182. The highest BCUT2D eigenvalue weighted by Gasteiger charge is 2.41. The lowest BCUT2D eigenvalue weighted by atomic mass is 9.86. The molecule has 4 aliphatic rings. The van der Waals surface area contributed by atoms with E-state index >= 15 is 0 Å². The van der Waals surface area contributed by atoms with Gasteiger partial charge < -0.3 is 37.7 Å². The van der Waals surface area contributed by atoms with E-state index in [1.807, 2.05) is 10.8 Å². The number of hydrogen-bond donors (Lipinski definition) is 2. The third-order valence-corrected chi connectivity index (χ3v) is 14.7. The van der Waals surface area contributed by atoms with Crippen molar-refractivity contribution in [3.8, 4) is 0 Å². The highest BCUT2D eigenvalue weighted by molar-refractivity contribution is 6.59. The number of carbonyl (C=O) groups is 13. The number of carboxylic acids is 1. The van der Waals surface area contributed by atoms with E-state index in [-0.39, 0.29) is 137 Å². The number of carboxylic acid groups (broad SMARTS) is 1. The second-order valence-electron chi connectivity index (χ2n) is 19.8. The van der Waals surface area contributed by atoms with Crippen molar-refractivity contribution in [2.24, 2.45) is 0 Å². The minimum absolute atomic E-state index is 0.00894. The molecule has 12 rings (SSSR count). The van der Waals surface area contributed by atoms with Gasteiger partial charge in [0.15, 0.2) is 34.6 Å². The smallest absolute Gasteiger partial charge is 0.342 e. The van der Waals surface area contributed by atoms with Gasteiger partial charge in [-0.1, -0.05) is 120 Å². The van der Waals surface area contributed by atoms with Crippen LogP contribution in [0.3, 0.4) is 0 Å². The van der Waals surface area contributed by atoms with Crippen molar-refractivity contribution >= 4 is 99.1 Å². The molecule has 0 saturated carbocycles. The molecule has 0 fully saturated rings. The fourth-order valence-corrected chi connectivity index (χ4v) is 10.2. The number of Topliss-reactive ketones (excluding diaryl/α,β-unsaturated/α-hetero) is 3. The SMILES string of the molecule is CCOC(=O)CC(C)=O.CCOC(=O)c1c(C)oc2c1C(=O)c1ccccc1C2=O.Cc1oc2c(c1C(=O)NCCCn1ccnc1)C(=O)c1ccccc1C2=O.Cc1oc2c(c1C(=O)O)C(=O)c1ccccc1C2=O.O=C1C(Cl)=C(Cl)C(=O)c2ccccc21. The molecule has 24 heteroatoms. The summed E-state index contributed by atoms with van der Waals surface area (Å²) >= 11 is 11.2. The predicted octanol–water partition coefficient (Wildman–Crippen LogP) is 10.3. The Labute approximate surface area is 520 Å². The van der Waals surface area contributed by atoms with Crippen LogP contribution in [0.4, 0.5) is 0 Å². The molecule has 458 valence electrons. The molecule has 4 aliphatic carbocycles. The van der Waals surface area contributed by atoms with Gasteiger partial charge in [-0.3, -0.25) is 52.7 Å². The summed E-state index contributed by atoms with van der Waals surface area (Å²) in [6.45, 7) is 10.9.